The lowest BCUT2D eigenvalue weighted by atomic mass is 10.2. The van der Waals surface area contributed by atoms with Crippen LogP contribution in [0.5, 0.6) is 0 Å². The molecule has 1 aromatic carbocycles. The number of alkyl halides is 1. The summed E-state index contributed by atoms with van der Waals surface area (Å²) in [5.74, 6) is 0.435. The summed E-state index contributed by atoms with van der Waals surface area (Å²) in [6, 6.07) is 5.60. The maximum Gasteiger partial charge on any atom is 0.185 e. The Bertz CT molecular complexity index is 359. The highest BCUT2D eigenvalue weighted by Crippen LogP contribution is 2.33. The lowest BCUT2D eigenvalue weighted by molar-refractivity contribution is -0.0566. The number of halogens is 3. The Morgan fingerprint density at radius 3 is 2.87 bits per heavy atom. The van der Waals surface area contributed by atoms with E-state index in [1.807, 2.05) is 18.2 Å². The molecule has 0 N–H and O–H groups in total. The Balaban J connectivity index is 2.17. The van der Waals surface area contributed by atoms with Crippen molar-refractivity contribution in [1.82, 2.24) is 0 Å². The minimum atomic E-state index is -0.394. The van der Waals surface area contributed by atoms with Crippen LogP contribution in [0.15, 0.2) is 22.7 Å². The standard InChI is InChI=1S/C10H9BrCl2O2/c11-6-1-2-8(9(13)3-6)10-14-5-7(4-12)15-10/h1-3,7,10H,4-5H2. The van der Waals surface area contributed by atoms with Crippen molar-refractivity contribution in [3.05, 3.63) is 33.3 Å². The van der Waals surface area contributed by atoms with Crippen LogP contribution in [0.3, 0.4) is 0 Å². The van der Waals surface area contributed by atoms with Crippen molar-refractivity contribution in [3.8, 4) is 0 Å². The second kappa shape index (κ2) is 5.02. The van der Waals surface area contributed by atoms with E-state index in [-0.39, 0.29) is 6.10 Å². The van der Waals surface area contributed by atoms with Crippen molar-refractivity contribution in [2.24, 2.45) is 0 Å². The molecule has 1 saturated heterocycles. The Hall–Kier alpha value is 0.200. The third-order valence-electron chi connectivity index (χ3n) is 2.14. The van der Waals surface area contributed by atoms with Crippen LogP contribution in [-0.4, -0.2) is 18.6 Å². The molecule has 2 atom stereocenters. The summed E-state index contributed by atoms with van der Waals surface area (Å²) >= 11 is 15.1. The molecule has 1 fully saturated rings. The van der Waals surface area contributed by atoms with Gasteiger partial charge in [-0.15, -0.1) is 11.6 Å². The van der Waals surface area contributed by atoms with Gasteiger partial charge in [-0.05, 0) is 12.1 Å². The van der Waals surface area contributed by atoms with Gasteiger partial charge < -0.3 is 9.47 Å². The first kappa shape index (κ1) is 11.7. The molecule has 0 amide bonds. The van der Waals surface area contributed by atoms with Crippen molar-refractivity contribution in [2.75, 3.05) is 12.5 Å². The van der Waals surface area contributed by atoms with Gasteiger partial charge in [0.2, 0.25) is 0 Å². The molecule has 0 aromatic heterocycles. The molecule has 0 aliphatic carbocycles. The van der Waals surface area contributed by atoms with E-state index in [1.165, 1.54) is 0 Å². The van der Waals surface area contributed by atoms with E-state index in [0.717, 1.165) is 10.0 Å². The zero-order chi connectivity index (χ0) is 10.8. The van der Waals surface area contributed by atoms with E-state index in [2.05, 4.69) is 15.9 Å². The number of benzene rings is 1. The predicted molar refractivity (Wildman–Crippen MR) is 63.4 cm³/mol. The van der Waals surface area contributed by atoms with Crippen molar-refractivity contribution in [1.29, 1.82) is 0 Å². The Morgan fingerprint density at radius 1 is 1.47 bits per heavy atom. The summed E-state index contributed by atoms with van der Waals surface area (Å²) in [5, 5.41) is 0.629. The molecular formula is C10H9BrCl2O2. The average molecular weight is 312 g/mol. The van der Waals surface area contributed by atoms with Gasteiger partial charge in [-0.1, -0.05) is 33.6 Å². The van der Waals surface area contributed by atoms with Gasteiger partial charge in [-0.25, -0.2) is 0 Å². The zero-order valence-electron chi connectivity index (χ0n) is 7.75. The first-order chi connectivity index (χ1) is 7.20. The lowest BCUT2D eigenvalue weighted by Gasteiger charge is -2.12. The molecule has 2 rings (SSSR count). The summed E-state index contributed by atoms with van der Waals surface area (Å²) in [5.41, 5.74) is 0.840. The Kier molecular flexibility index (Phi) is 3.91. The van der Waals surface area contributed by atoms with Crippen LogP contribution in [0.2, 0.25) is 5.02 Å². The Morgan fingerprint density at radius 2 is 2.27 bits per heavy atom. The number of ether oxygens (including phenoxy) is 2. The van der Waals surface area contributed by atoms with E-state index in [1.54, 1.807) is 0 Å². The summed E-state index contributed by atoms with van der Waals surface area (Å²) in [7, 11) is 0. The largest absolute Gasteiger partial charge is 0.346 e. The highest BCUT2D eigenvalue weighted by Gasteiger charge is 2.28. The SMILES string of the molecule is ClCC1COC(c2ccc(Br)cc2Cl)O1. The Labute approximate surface area is 107 Å². The van der Waals surface area contributed by atoms with Crippen LogP contribution in [0.4, 0.5) is 0 Å². The van der Waals surface area contributed by atoms with Gasteiger partial charge in [0.1, 0.15) is 0 Å². The van der Waals surface area contributed by atoms with Crippen LogP contribution in [0, 0.1) is 0 Å². The summed E-state index contributed by atoms with van der Waals surface area (Å²) < 4.78 is 12.0. The highest BCUT2D eigenvalue weighted by atomic mass is 79.9. The van der Waals surface area contributed by atoms with E-state index >= 15 is 0 Å². The van der Waals surface area contributed by atoms with E-state index in [9.17, 15) is 0 Å². The van der Waals surface area contributed by atoms with Gasteiger partial charge in [-0.2, -0.15) is 0 Å². The maximum atomic E-state index is 6.08. The molecule has 0 bridgehead atoms. The summed E-state index contributed by atoms with van der Waals surface area (Å²) in [4.78, 5) is 0. The minimum Gasteiger partial charge on any atom is -0.346 e. The molecule has 1 aliphatic heterocycles. The van der Waals surface area contributed by atoms with Gasteiger partial charge in [-0.3, -0.25) is 0 Å². The monoisotopic (exact) mass is 310 g/mol. The molecule has 2 unspecified atom stereocenters. The van der Waals surface area contributed by atoms with Gasteiger partial charge in [0.25, 0.3) is 0 Å². The molecule has 1 heterocycles. The van der Waals surface area contributed by atoms with Gasteiger partial charge in [0.05, 0.1) is 18.6 Å². The van der Waals surface area contributed by atoms with Gasteiger partial charge in [0.15, 0.2) is 6.29 Å². The fourth-order valence-electron chi connectivity index (χ4n) is 1.38. The molecule has 0 radical (unpaired) electrons. The van der Waals surface area contributed by atoms with Crippen molar-refractivity contribution in [3.63, 3.8) is 0 Å². The van der Waals surface area contributed by atoms with Crippen molar-refractivity contribution >= 4 is 39.1 Å². The number of hydrogen-bond donors (Lipinski definition) is 0. The molecule has 1 aromatic rings. The number of rotatable bonds is 2. The molecule has 0 spiro atoms. The second-order valence-electron chi connectivity index (χ2n) is 3.24. The summed E-state index contributed by atoms with van der Waals surface area (Å²) in [6.45, 7) is 0.514. The second-order valence-corrected chi connectivity index (χ2v) is 4.87. The quantitative estimate of drug-likeness (QED) is 0.774. The molecule has 1 aliphatic rings. The first-order valence-corrected chi connectivity index (χ1v) is 6.19. The van der Waals surface area contributed by atoms with E-state index in [4.69, 9.17) is 32.7 Å². The van der Waals surface area contributed by atoms with Crippen molar-refractivity contribution in [2.45, 2.75) is 12.4 Å². The van der Waals surface area contributed by atoms with Crippen LogP contribution < -0.4 is 0 Å². The molecule has 15 heavy (non-hydrogen) atoms. The topological polar surface area (TPSA) is 18.5 Å². The van der Waals surface area contributed by atoms with E-state index < -0.39 is 6.29 Å². The van der Waals surface area contributed by atoms with Crippen molar-refractivity contribution < 1.29 is 9.47 Å². The smallest absolute Gasteiger partial charge is 0.185 e. The lowest BCUT2D eigenvalue weighted by Crippen LogP contribution is -2.10. The third-order valence-corrected chi connectivity index (χ3v) is 3.30. The van der Waals surface area contributed by atoms with Crippen LogP contribution in [0.1, 0.15) is 11.9 Å². The van der Waals surface area contributed by atoms with Gasteiger partial charge >= 0.3 is 0 Å². The molecule has 2 nitrogen and oxygen atoms in total. The zero-order valence-corrected chi connectivity index (χ0v) is 10.8. The normalized spacial score (nSPS) is 25.8. The van der Waals surface area contributed by atoms with Gasteiger partial charge in [0, 0.05) is 15.1 Å². The third kappa shape index (κ3) is 2.66. The maximum absolute atomic E-state index is 6.08. The molecular weight excluding hydrogens is 303 g/mol. The van der Waals surface area contributed by atoms with Crippen LogP contribution in [-0.2, 0) is 9.47 Å². The first-order valence-electron chi connectivity index (χ1n) is 4.48. The molecule has 0 saturated carbocycles. The molecule has 5 heteroatoms. The molecule has 82 valence electrons. The van der Waals surface area contributed by atoms with Crippen LogP contribution >= 0.6 is 39.1 Å². The predicted octanol–water partition coefficient (Wildman–Crippen LogP) is 3.76. The van der Waals surface area contributed by atoms with Crippen LogP contribution in [0.25, 0.3) is 0 Å². The summed E-state index contributed by atoms with van der Waals surface area (Å²) in [6.07, 6.45) is -0.439. The number of hydrogen-bond acceptors (Lipinski definition) is 2. The average Bonchev–Trinajstić information content (AvgIpc) is 2.66. The fraction of sp³-hybridized carbons (Fsp3) is 0.400. The minimum absolute atomic E-state index is 0.0450. The van der Waals surface area contributed by atoms with E-state index in [0.29, 0.717) is 17.5 Å². The highest BCUT2D eigenvalue weighted by molar-refractivity contribution is 9.10. The fourth-order valence-corrected chi connectivity index (χ4v) is 2.31.